The second kappa shape index (κ2) is 13.4. The molecule has 0 heterocycles. The van der Waals surface area contributed by atoms with E-state index in [1.54, 1.807) is 61.5 Å². The lowest BCUT2D eigenvalue weighted by molar-refractivity contribution is -0.121. The summed E-state index contributed by atoms with van der Waals surface area (Å²) in [7, 11) is -2.47. The molecule has 0 aromatic heterocycles. The second-order valence-electron chi connectivity index (χ2n) is 8.09. The van der Waals surface area contributed by atoms with Crippen LogP contribution in [-0.2, 0) is 19.6 Å². The van der Waals surface area contributed by atoms with Gasteiger partial charge in [-0.1, -0.05) is 48.0 Å². The van der Waals surface area contributed by atoms with Gasteiger partial charge in [0, 0.05) is 6.42 Å². The molecule has 0 aliphatic rings. The van der Waals surface area contributed by atoms with Crippen molar-refractivity contribution >= 4 is 28.3 Å². The Kier molecular flexibility index (Phi) is 9.97. The lowest BCUT2D eigenvalue weighted by Gasteiger charge is -2.18. The summed E-state index contributed by atoms with van der Waals surface area (Å²) in [5.74, 6) is -0.0716. The van der Waals surface area contributed by atoms with Gasteiger partial charge >= 0.3 is 6.16 Å². The van der Waals surface area contributed by atoms with Crippen molar-refractivity contribution in [2.24, 2.45) is 5.10 Å². The van der Waals surface area contributed by atoms with Crippen molar-refractivity contribution < 1.29 is 32.2 Å². The molecule has 3 aromatic carbocycles. The minimum Gasteiger partial charge on any atom is -0.493 e. The van der Waals surface area contributed by atoms with Crippen LogP contribution in [0.5, 0.6) is 11.5 Å². The number of carbonyl (C=O) groups excluding carboxylic acids is 2. The van der Waals surface area contributed by atoms with Gasteiger partial charge in [0.2, 0.25) is 15.9 Å². The highest BCUT2D eigenvalue weighted by Gasteiger charge is 2.23. The van der Waals surface area contributed by atoms with Gasteiger partial charge in [0.05, 0.1) is 30.9 Å². The van der Waals surface area contributed by atoms with Crippen molar-refractivity contribution in [1.29, 1.82) is 0 Å². The predicted octanol–water partition coefficient (Wildman–Crippen LogP) is 4.10. The van der Waals surface area contributed by atoms with Crippen LogP contribution in [0.2, 0.25) is 0 Å². The molecule has 2 N–H and O–H groups in total. The average Bonchev–Trinajstić information content (AvgIpc) is 2.90. The molecule has 0 aliphatic carbocycles. The Morgan fingerprint density at radius 1 is 1.00 bits per heavy atom. The number of aryl methyl sites for hydroxylation is 1. The average molecular weight is 540 g/mol. The van der Waals surface area contributed by atoms with Gasteiger partial charge in [-0.15, -0.1) is 0 Å². The fourth-order valence-electron chi connectivity index (χ4n) is 3.38. The highest BCUT2D eigenvalue weighted by atomic mass is 32.2. The molecule has 38 heavy (non-hydrogen) atoms. The van der Waals surface area contributed by atoms with Crippen molar-refractivity contribution in [2.75, 3.05) is 13.7 Å². The third-order valence-electron chi connectivity index (χ3n) is 5.27. The van der Waals surface area contributed by atoms with Crippen LogP contribution in [0.25, 0.3) is 0 Å². The van der Waals surface area contributed by atoms with Crippen LogP contribution < -0.4 is 19.6 Å². The van der Waals surface area contributed by atoms with E-state index < -0.39 is 28.1 Å². The third kappa shape index (κ3) is 8.15. The zero-order valence-corrected chi connectivity index (χ0v) is 22.0. The molecule has 3 aromatic rings. The monoisotopic (exact) mass is 539 g/mol. The quantitative estimate of drug-likeness (QED) is 0.162. The number of sulfonamides is 1. The van der Waals surface area contributed by atoms with Gasteiger partial charge in [0.25, 0.3) is 0 Å². The number of methoxy groups -OCH3 is 1. The number of carbonyl (C=O) groups is 2. The number of nitrogens with zero attached hydrogens (tertiary/aromatic N) is 1. The number of amides is 1. The van der Waals surface area contributed by atoms with E-state index in [0.29, 0.717) is 11.1 Å². The maximum atomic E-state index is 13.0. The van der Waals surface area contributed by atoms with Crippen LogP contribution in [0.3, 0.4) is 0 Å². The van der Waals surface area contributed by atoms with Gasteiger partial charge in [-0.25, -0.2) is 23.4 Å². The second-order valence-corrected chi connectivity index (χ2v) is 9.80. The summed E-state index contributed by atoms with van der Waals surface area (Å²) in [4.78, 5) is 24.4. The summed E-state index contributed by atoms with van der Waals surface area (Å²) < 4.78 is 43.6. The molecule has 0 aliphatic heterocycles. The summed E-state index contributed by atoms with van der Waals surface area (Å²) >= 11 is 0. The molecule has 0 bridgehead atoms. The number of nitrogens with one attached hydrogen (secondary N) is 2. The Morgan fingerprint density at radius 3 is 2.37 bits per heavy atom. The number of hydrazone groups is 1. The van der Waals surface area contributed by atoms with E-state index in [-0.39, 0.29) is 29.4 Å². The van der Waals surface area contributed by atoms with E-state index in [1.807, 2.05) is 6.92 Å². The zero-order valence-electron chi connectivity index (χ0n) is 21.2. The van der Waals surface area contributed by atoms with Crippen LogP contribution in [0.4, 0.5) is 4.79 Å². The van der Waals surface area contributed by atoms with Crippen molar-refractivity contribution in [2.45, 2.75) is 31.2 Å². The van der Waals surface area contributed by atoms with E-state index in [1.165, 1.54) is 31.5 Å². The van der Waals surface area contributed by atoms with Gasteiger partial charge in [-0.05, 0) is 55.3 Å². The van der Waals surface area contributed by atoms with Crippen LogP contribution in [-0.4, -0.2) is 40.4 Å². The van der Waals surface area contributed by atoms with Crippen LogP contribution >= 0.6 is 0 Å². The van der Waals surface area contributed by atoms with Crippen molar-refractivity contribution in [3.8, 4) is 11.5 Å². The number of rotatable bonds is 11. The fourth-order valence-corrected chi connectivity index (χ4v) is 4.61. The first-order chi connectivity index (χ1) is 18.2. The predicted molar refractivity (Wildman–Crippen MR) is 142 cm³/mol. The molecule has 3 rings (SSSR count). The Balaban J connectivity index is 1.69. The maximum absolute atomic E-state index is 13.0. The molecule has 0 spiro atoms. The van der Waals surface area contributed by atoms with Crippen LogP contribution in [0.15, 0.2) is 82.8 Å². The Hall–Kier alpha value is -4.22. The molecule has 200 valence electrons. The highest BCUT2D eigenvalue weighted by molar-refractivity contribution is 7.89. The van der Waals surface area contributed by atoms with E-state index in [2.05, 4.69) is 15.2 Å². The normalized spacial score (nSPS) is 12.1. The molecule has 0 fully saturated rings. The molecule has 11 heteroatoms. The van der Waals surface area contributed by atoms with Crippen molar-refractivity contribution in [3.63, 3.8) is 0 Å². The summed E-state index contributed by atoms with van der Waals surface area (Å²) in [5.41, 5.74) is 4.53. The molecule has 0 saturated carbocycles. The van der Waals surface area contributed by atoms with E-state index >= 15 is 0 Å². The standard InChI is InChI=1S/C27H29N3O7S/c1-4-36-27(32)37-24-15-12-20(16-25(24)35-3)18-28-29-26(31)17-23(21-8-6-5-7-9-21)30-38(33,34)22-13-10-19(2)11-14-22/h5-16,18,23,30H,4,17H2,1-3H3,(H,29,31)/b28-18-/t23-/m1/s1. The minimum atomic E-state index is -3.88. The van der Waals surface area contributed by atoms with Gasteiger partial charge in [0.1, 0.15) is 0 Å². The maximum Gasteiger partial charge on any atom is 0.513 e. The Bertz CT molecular complexity index is 1380. The van der Waals surface area contributed by atoms with Gasteiger partial charge in [-0.3, -0.25) is 4.79 Å². The van der Waals surface area contributed by atoms with Gasteiger partial charge in [0.15, 0.2) is 11.5 Å². The number of ether oxygens (including phenoxy) is 3. The highest BCUT2D eigenvalue weighted by Crippen LogP contribution is 2.28. The molecular formula is C27H29N3O7S. The molecule has 1 amide bonds. The molecule has 0 radical (unpaired) electrons. The Labute approximate surface area is 221 Å². The van der Waals surface area contributed by atoms with E-state index in [9.17, 15) is 18.0 Å². The third-order valence-corrected chi connectivity index (χ3v) is 6.75. The number of hydrogen-bond acceptors (Lipinski definition) is 8. The van der Waals surface area contributed by atoms with Crippen molar-refractivity contribution in [1.82, 2.24) is 10.1 Å². The molecular weight excluding hydrogens is 510 g/mol. The smallest absolute Gasteiger partial charge is 0.493 e. The zero-order chi connectivity index (χ0) is 27.5. The molecule has 1 atom stereocenters. The van der Waals surface area contributed by atoms with Crippen LogP contribution in [0, 0.1) is 6.92 Å². The van der Waals surface area contributed by atoms with E-state index in [0.717, 1.165) is 5.56 Å². The fraction of sp³-hybridized carbons (Fsp3) is 0.222. The molecule has 0 unspecified atom stereocenters. The largest absolute Gasteiger partial charge is 0.513 e. The van der Waals surface area contributed by atoms with Crippen LogP contribution in [0.1, 0.15) is 36.1 Å². The minimum absolute atomic E-state index is 0.104. The molecule has 10 nitrogen and oxygen atoms in total. The lowest BCUT2D eigenvalue weighted by atomic mass is 10.0. The first-order valence-corrected chi connectivity index (χ1v) is 13.2. The first-order valence-electron chi connectivity index (χ1n) is 11.7. The molecule has 0 saturated heterocycles. The van der Waals surface area contributed by atoms with Gasteiger partial charge < -0.3 is 14.2 Å². The summed E-state index contributed by atoms with van der Waals surface area (Å²) in [5, 5.41) is 3.96. The van der Waals surface area contributed by atoms with Crippen molar-refractivity contribution in [3.05, 3.63) is 89.5 Å². The van der Waals surface area contributed by atoms with E-state index in [4.69, 9.17) is 14.2 Å². The van der Waals surface area contributed by atoms with Gasteiger partial charge in [-0.2, -0.15) is 5.10 Å². The number of benzene rings is 3. The SMILES string of the molecule is CCOC(=O)Oc1ccc(/C=N\NC(=O)C[C@@H](NS(=O)(=O)c2ccc(C)cc2)c2ccccc2)cc1OC. The lowest BCUT2D eigenvalue weighted by Crippen LogP contribution is -2.32. The number of hydrogen-bond donors (Lipinski definition) is 2. The summed E-state index contributed by atoms with van der Waals surface area (Å²) in [6.07, 6.45) is 0.329. The summed E-state index contributed by atoms with van der Waals surface area (Å²) in [6.45, 7) is 3.70. The summed E-state index contributed by atoms with van der Waals surface area (Å²) in [6, 6.07) is 19.1. The first kappa shape index (κ1) is 28.4. The topological polar surface area (TPSA) is 132 Å². The Morgan fingerprint density at radius 2 is 1.71 bits per heavy atom.